The monoisotopic (exact) mass is 370 g/mol. The molecular formula is C19H22N4O4. The number of rotatable bonds is 4. The summed E-state index contributed by atoms with van der Waals surface area (Å²) in [6.07, 6.45) is 5.18. The van der Waals surface area contributed by atoms with Crippen LogP contribution in [0.3, 0.4) is 0 Å². The SMILES string of the molecule is COc1cc(OC)cc(C(=O)N2CCCN(C(=O)c3cnccn3)CC2)c1. The van der Waals surface area contributed by atoms with Gasteiger partial charge in [0.25, 0.3) is 11.8 Å². The smallest absolute Gasteiger partial charge is 0.274 e. The van der Waals surface area contributed by atoms with Gasteiger partial charge >= 0.3 is 0 Å². The largest absolute Gasteiger partial charge is 0.497 e. The molecule has 0 radical (unpaired) electrons. The van der Waals surface area contributed by atoms with Gasteiger partial charge in [-0.05, 0) is 18.6 Å². The fourth-order valence-electron chi connectivity index (χ4n) is 3.01. The van der Waals surface area contributed by atoms with Crippen molar-refractivity contribution in [3.63, 3.8) is 0 Å². The summed E-state index contributed by atoms with van der Waals surface area (Å²) in [5.74, 6) is 0.848. The summed E-state index contributed by atoms with van der Waals surface area (Å²) < 4.78 is 10.5. The highest BCUT2D eigenvalue weighted by Crippen LogP contribution is 2.24. The maximum Gasteiger partial charge on any atom is 0.274 e. The van der Waals surface area contributed by atoms with Gasteiger partial charge in [0.1, 0.15) is 17.2 Å². The first-order valence-corrected chi connectivity index (χ1v) is 8.70. The van der Waals surface area contributed by atoms with Crippen LogP contribution in [0.1, 0.15) is 27.3 Å². The lowest BCUT2D eigenvalue weighted by Gasteiger charge is -2.22. The van der Waals surface area contributed by atoms with Crippen molar-refractivity contribution in [1.82, 2.24) is 19.8 Å². The molecular weight excluding hydrogens is 348 g/mol. The topological polar surface area (TPSA) is 84.9 Å². The molecule has 8 nitrogen and oxygen atoms in total. The van der Waals surface area contributed by atoms with Gasteiger partial charge in [-0.2, -0.15) is 0 Å². The Hall–Kier alpha value is -3.16. The number of methoxy groups -OCH3 is 2. The highest BCUT2D eigenvalue weighted by molar-refractivity contribution is 5.95. The summed E-state index contributed by atoms with van der Waals surface area (Å²) in [5, 5.41) is 0. The summed E-state index contributed by atoms with van der Waals surface area (Å²) >= 11 is 0. The Morgan fingerprint density at radius 1 is 0.889 bits per heavy atom. The molecule has 2 amide bonds. The molecule has 1 aliphatic heterocycles. The number of hydrogen-bond acceptors (Lipinski definition) is 6. The normalized spacial score (nSPS) is 14.4. The number of benzene rings is 1. The molecule has 142 valence electrons. The Kier molecular flexibility index (Phi) is 5.85. The molecule has 0 saturated carbocycles. The number of amides is 2. The number of hydrogen-bond donors (Lipinski definition) is 0. The molecule has 1 aromatic carbocycles. The molecule has 2 aromatic rings. The van der Waals surface area contributed by atoms with Gasteiger partial charge in [0, 0.05) is 50.2 Å². The molecule has 27 heavy (non-hydrogen) atoms. The predicted molar refractivity (Wildman–Crippen MR) is 98.0 cm³/mol. The van der Waals surface area contributed by atoms with E-state index in [2.05, 4.69) is 9.97 Å². The molecule has 1 aromatic heterocycles. The first kappa shape index (κ1) is 18.6. The second-order valence-corrected chi connectivity index (χ2v) is 6.13. The zero-order valence-corrected chi connectivity index (χ0v) is 15.4. The van der Waals surface area contributed by atoms with Gasteiger partial charge in [0.2, 0.25) is 0 Å². The van der Waals surface area contributed by atoms with E-state index in [0.29, 0.717) is 55.4 Å². The molecule has 1 saturated heterocycles. The molecule has 1 fully saturated rings. The number of carbonyl (C=O) groups excluding carboxylic acids is 2. The van der Waals surface area contributed by atoms with E-state index < -0.39 is 0 Å². The van der Waals surface area contributed by atoms with Crippen molar-refractivity contribution in [2.45, 2.75) is 6.42 Å². The van der Waals surface area contributed by atoms with Crippen molar-refractivity contribution < 1.29 is 19.1 Å². The zero-order valence-electron chi connectivity index (χ0n) is 15.4. The van der Waals surface area contributed by atoms with Crippen LogP contribution in [0.2, 0.25) is 0 Å². The van der Waals surface area contributed by atoms with Gasteiger partial charge in [-0.15, -0.1) is 0 Å². The van der Waals surface area contributed by atoms with Crippen LogP contribution in [-0.4, -0.2) is 72.0 Å². The first-order chi connectivity index (χ1) is 13.1. The van der Waals surface area contributed by atoms with E-state index in [0.717, 1.165) is 0 Å². The van der Waals surface area contributed by atoms with Crippen LogP contribution in [0.25, 0.3) is 0 Å². The van der Waals surface area contributed by atoms with Gasteiger partial charge in [-0.1, -0.05) is 0 Å². The second kappa shape index (κ2) is 8.48. The third-order valence-corrected chi connectivity index (χ3v) is 4.45. The van der Waals surface area contributed by atoms with E-state index in [4.69, 9.17) is 9.47 Å². The highest BCUT2D eigenvalue weighted by Gasteiger charge is 2.24. The fourth-order valence-corrected chi connectivity index (χ4v) is 3.01. The average Bonchev–Trinajstić information content (AvgIpc) is 2.99. The summed E-state index contributed by atoms with van der Waals surface area (Å²) in [5.41, 5.74) is 0.815. The number of nitrogens with zero attached hydrogens (tertiary/aromatic N) is 4. The van der Waals surface area contributed by atoms with Crippen molar-refractivity contribution in [2.24, 2.45) is 0 Å². The van der Waals surface area contributed by atoms with Crippen LogP contribution in [0.15, 0.2) is 36.8 Å². The van der Waals surface area contributed by atoms with Crippen LogP contribution in [0.5, 0.6) is 11.5 Å². The van der Waals surface area contributed by atoms with E-state index in [-0.39, 0.29) is 11.8 Å². The summed E-state index contributed by atoms with van der Waals surface area (Å²) in [4.78, 5) is 36.9. The van der Waals surface area contributed by atoms with E-state index in [9.17, 15) is 9.59 Å². The van der Waals surface area contributed by atoms with Crippen molar-refractivity contribution in [3.8, 4) is 11.5 Å². The van der Waals surface area contributed by atoms with E-state index in [1.54, 1.807) is 42.2 Å². The maximum atomic E-state index is 12.9. The third kappa shape index (κ3) is 4.33. The minimum absolute atomic E-state index is 0.110. The Morgan fingerprint density at radius 3 is 2.07 bits per heavy atom. The lowest BCUT2D eigenvalue weighted by molar-refractivity contribution is 0.0715. The van der Waals surface area contributed by atoms with Crippen molar-refractivity contribution in [2.75, 3.05) is 40.4 Å². The molecule has 2 heterocycles. The van der Waals surface area contributed by atoms with Crippen LogP contribution in [0, 0.1) is 0 Å². The fraction of sp³-hybridized carbons (Fsp3) is 0.368. The van der Waals surface area contributed by atoms with E-state index in [1.165, 1.54) is 18.6 Å². The van der Waals surface area contributed by atoms with Gasteiger partial charge in [0.05, 0.1) is 20.4 Å². The van der Waals surface area contributed by atoms with Gasteiger partial charge in [0.15, 0.2) is 0 Å². The van der Waals surface area contributed by atoms with Gasteiger partial charge in [-0.25, -0.2) is 4.98 Å². The molecule has 0 bridgehead atoms. The highest BCUT2D eigenvalue weighted by atomic mass is 16.5. The maximum absolute atomic E-state index is 12.9. The van der Waals surface area contributed by atoms with Crippen LogP contribution < -0.4 is 9.47 Å². The standard InChI is InChI=1S/C19H22N4O4/c1-26-15-10-14(11-16(12-15)27-2)18(24)22-6-3-7-23(9-8-22)19(25)17-13-20-4-5-21-17/h4-5,10-13H,3,6-9H2,1-2H3. The lowest BCUT2D eigenvalue weighted by atomic mass is 10.1. The molecule has 8 heteroatoms. The van der Waals surface area contributed by atoms with Gasteiger partial charge in [-0.3, -0.25) is 14.6 Å². The predicted octanol–water partition coefficient (Wildman–Crippen LogP) is 1.48. The molecule has 0 atom stereocenters. The van der Waals surface area contributed by atoms with Crippen LogP contribution in [-0.2, 0) is 0 Å². The number of aromatic nitrogens is 2. The minimum Gasteiger partial charge on any atom is -0.497 e. The summed E-state index contributed by atoms with van der Waals surface area (Å²) in [6, 6.07) is 5.11. The Balaban J connectivity index is 1.71. The zero-order chi connectivity index (χ0) is 19.2. The van der Waals surface area contributed by atoms with E-state index in [1.807, 2.05) is 0 Å². The Labute approximate surface area is 157 Å². The van der Waals surface area contributed by atoms with Crippen LogP contribution in [0.4, 0.5) is 0 Å². The molecule has 0 spiro atoms. The second-order valence-electron chi connectivity index (χ2n) is 6.13. The molecule has 0 aliphatic carbocycles. The van der Waals surface area contributed by atoms with Crippen molar-refractivity contribution in [1.29, 1.82) is 0 Å². The summed E-state index contributed by atoms with van der Waals surface area (Å²) in [6.45, 7) is 2.04. The third-order valence-electron chi connectivity index (χ3n) is 4.45. The van der Waals surface area contributed by atoms with Crippen LogP contribution >= 0.6 is 0 Å². The molecule has 1 aliphatic rings. The molecule has 0 unspecified atom stereocenters. The average molecular weight is 370 g/mol. The van der Waals surface area contributed by atoms with Crippen molar-refractivity contribution >= 4 is 11.8 Å². The molecule has 3 rings (SSSR count). The van der Waals surface area contributed by atoms with E-state index >= 15 is 0 Å². The first-order valence-electron chi connectivity index (χ1n) is 8.70. The number of ether oxygens (including phenoxy) is 2. The van der Waals surface area contributed by atoms with Gasteiger partial charge < -0.3 is 19.3 Å². The number of carbonyl (C=O) groups is 2. The summed E-state index contributed by atoms with van der Waals surface area (Å²) in [7, 11) is 3.09. The lowest BCUT2D eigenvalue weighted by Crippen LogP contribution is -2.37. The minimum atomic E-state index is -0.166. The molecule has 0 N–H and O–H groups in total. The quantitative estimate of drug-likeness (QED) is 0.811. The Morgan fingerprint density at radius 2 is 1.52 bits per heavy atom. The van der Waals surface area contributed by atoms with Crippen molar-refractivity contribution in [3.05, 3.63) is 48.0 Å². The Bertz CT molecular complexity index is 790.